The normalized spacial score (nSPS) is 20.1. The standard InChI is InChI=1S/C25H28N2O6/c1-2-15(23(29)27-13-16(28)11-22(27)24(30)31)12-26-25(32)33-14-21-19-9-5-3-7-17(19)18-8-4-6-10-20(18)21/h3-10,15-16,21-22,28H,2,11-14H2,1H3,(H,26,32)(H,30,31)/t15?,16-,22-/m0/s1. The highest BCUT2D eigenvalue weighted by Gasteiger charge is 2.40. The molecule has 1 fully saturated rings. The molecule has 0 spiro atoms. The molecule has 0 bridgehead atoms. The van der Waals surface area contributed by atoms with Gasteiger partial charge in [-0.2, -0.15) is 0 Å². The second-order valence-electron chi connectivity index (χ2n) is 8.55. The van der Waals surface area contributed by atoms with Crippen molar-refractivity contribution in [1.29, 1.82) is 0 Å². The number of fused-ring (bicyclic) bond motifs is 3. The molecule has 0 saturated carbocycles. The molecule has 174 valence electrons. The van der Waals surface area contributed by atoms with Crippen LogP contribution in [0.5, 0.6) is 0 Å². The number of hydrogen-bond acceptors (Lipinski definition) is 5. The Bertz CT molecular complexity index is 1010. The third-order valence-electron chi connectivity index (χ3n) is 6.53. The number of β-amino-alcohol motifs (C(OH)–C–C–N with tert-alkyl or cyclic N) is 1. The fourth-order valence-corrected chi connectivity index (χ4v) is 4.79. The molecule has 2 aromatic carbocycles. The van der Waals surface area contributed by atoms with Crippen molar-refractivity contribution in [2.75, 3.05) is 19.7 Å². The number of carboxylic acid groups (broad SMARTS) is 1. The van der Waals surface area contributed by atoms with Crippen molar-refractivity contribution in [3.63, 3.8) is 0 Å². The van der Waals surface area contributed by atoms with Crippen molar-refractivity contribution in [2.24, 2.45) is 5.92 Å². The van der Waals surface area contributed by atoms with E-state index in [1.165, 1.54) is 4.90 Å². The molecule has 33 heavy (non-hydrogen) atoms. The Balaban J connectivity index is 1.35. The highest BCUT2D eigenvalue weighted by molar-refractivity contribution is 5.86. The number of carbonyl (C=O) groups is 3. The maximum Gasteiger partial charge on any atom is 0.407 e. The molecule has 2 aliphatic rings. The lowest BCUT2D eigenvalue weighted by Gasteiger charge is -2.26. The van der Waals surface area contributed by atoms with Gasteiger partial charge in [-0.25, -0.2) is 9.59 Å². The Morgan fingerprint density at radius 2 is 1.70 bits per heavy atom. The first-order valence-electron chi connectivity index (χ1n) is 11.2. The number of benzene rings is 2. The number of carboxylic acids is 1. The predicted octanol–water partition coefficient (Wildman–Crippen LogP) is 2.60. The Labute approximate surface area is 192 Å². The summed E-state index contributed by atoms with van der Waals surface area (Å²) in [6, 6.07) is 15.1. The van der Waals surface area contributed by atoms with E-state index < -0.39 is 30.1 Å². The van der Waals surface area contributed by atoms with Gasteiger partial charge in [-0.15, -0.1) is 0 Å². The molecule has 0 aromatic heterocycles. The Morgan fingerprint density at radius 3 is 2.27 bits per heavy atom. The zero-order valence-corrected chi connectivity index (χ0v) is 18.4. The second kappa shape index (κ2) is 9.62. The Morgan fingerprint density at radius 1 is 1.09 bits per heavy atom. The average Bonchev–Trinajstić information content (AvgIpc) is 3.36. The molecule has 0 radical (unpaired) electrons. The number of alkyl carbamates (subject to hydrolysis) is 1. The number of amides is 2. The van der Waals surface area contributed by atoms with Gasteiger partial charge < -0.3 is 25.2 Å². The first kappa shape index (κ1) is 22.8. The molecular formula is C25H28N2O6. The molecule has 1 aliphatic heterocycles. The minimum absolute atomic E-state index is 0.0112. The fourth-order valence-electron chi connectivity index (χ4n) is 4.79. The summed E-state index contributed by atoms with van der Waals surface area (Å²) in [6.45, 7) is 1.98. The quantitative estimate of drug-likeness (QED) is 0.595. The summed E-state index contributed by atoms with van der Waals surface area (Å²) in [4.78, 5) is 37.9. The van der Waals surface area contributed by atoms with Gasteiger partial charge in [-0.3, -0.25) is 4.79 Å². The van der Waals surface area contributed by atoms with Gasteiger partial charge in [-0.1, -0.05) is 55.5 Å². The van der Waals surface area contributed by atoms with Gasteiger partial charge in [-0.05, 0) is 28.7 Å². The minimum atomic E-state index is -1.14. The van der Waals surface area contributed by atoms with E-state index in [1.54, 1.807) is 6.92 Å². The molecule has 1 unspecified atom stereocenters. The molecule has 1 heterocycles. The molecular weight excluding hydrogens is 424 g/mol. The molecule has 8 nitrogen and oxygen atoms in total. The van der Waals surface area contributed by atoms with Crippen LogP contribution in [0.3, 0.4) is 0 Å². The van der Waals surface area contributed by atoms with Crippen LogP contribution < -0.4 is 5.32 Å². The lowest BCUT2D eigenvalue weighted by atomic mass is 9.98. The molecule has 3 atom stereocenters. The summed E-state index contributed by atoms with van der Waals surface area (Å²) in [5.74, 6) is -2.19. The number of likely N-dealkylation sites (tertiary alicyclic amines) is 1. The maximum absolute atomic E-state index is 12.9. The van der Waals surface area contributed by atoms with Crippen LogP contribution in [0.4, 0.5) is 4.79 Å². The van der Waals surface area contributed by atoms with E-state index in [4.69, 9.17) is 4.74 Å². The SMILES string of the molecule is CCC(CNC(=O)OCC1c2ccccc2-c2ccccc21)C(=O)N1C[C@@H](O)C[C@H]1C(=O)O. The summed E-state index contributed by atoms with van der Waals surface area (Å²) in [6.07, 6.45) is -1.05. The first-order valence-corrected chi connectivity index (χ1v) is 11.2. The van der Waals surface area contributed by atoms with E-state index in [0.29, 0.717) is 6.42 Å². The maximum atomic E-state index is 12.9. The zero-order valence-electron chi connectivity index (χ0n) is 18.4. The minimum Gasteiger partial charge on any atom is -0.480 e. The van der Waals surface area contributed by atoms with Crippen molar-refractivity contribution < 1.29 is 29.3 Å². The lowest BCUT2D eigenvalue weighted by Crippen LogP contribution is -2.46. The van der Waals surface area contributed by atoms with Crippen LogP contribution in [-0.4, -0.2) is 64.9 Å². The van der Waals surface area contributed by atoms with Gasteiger partial charge in [0.25, 0.3) is 0 Å². The highest BCUT2D eigenvalue weighted by atomic mass is 16.5. The largest absolute Gasteiger partial charge is 0.480 e. The number of carbonyl (C=O) groups excluding carboxylic acids is 2. The molecule has 8 heteroatoms. The topological polar surface area (TPSA) is 116 Å². The highest BCUT2D eigenvalue weighted by Crippen LogP contribution is 2.44. The Hall–Kier alpha value is -3.39. The van der Waals surface area contributed by atoms with E-state index in [9.17, 15) is 24.6 Å². The zero-order chi connectivity index (χ0) is 23.5. The van der Waals surface area contributed by atoms with Gasteiger partial charge in [0.1, 0.15) is 12.6 Å². The van der Waals surface area contributed by atoms with E-state index >= 15 is 0 Å². The van der Waals surface area contributed by atoms with Crippen LogP contribution in [0.15, 0.2) is 48.5 Å². The summed E-state index contributed by atoms with van der Waals surface area (Å²) < 4.78 is 5.51. The van der Waals surface area contributed by atoms with Crippen LogP contribution in [0.25, 0.3) is 11.1 Å². The van der Waals surface area contributed by atoms with E-state index in [-0.39, 0.29) is 37.9 Å². The molecule has 3 N–H and O–H groups in total. The number of ether oxygens (including phenoxy) is 1. The summed E-state index contributed by atoms with van der Waals surface area (Å²) in [7, 11) is 0. The van der Waals surface area contributed by atoms with Crippen molar-refractivity contribution in [2.45, 2.75) is 37.8 Å². The third kappa shape index (κ3) is 4.57. The Kier molecular flexibility index (Phi) is 6.65. The lowest BCUT2D eigenvalue weighted by molar-refractivity contribution is -0.149. The van der Waals surface area contributed by atoms with Crippen molar-refractivity contribution in [3.8, 4) is 11.1 Å². The van der Waals surface area contributed by atoms with Gasteiger partial charge in [0.15, 0.2) is 0 Å². The van der Waals surface area contributed by atoms with Gasteiger partial charge in [0.2, 0.25) is 5.91 Å². The van der Waals surface area contributed by atoms with E-state index in [0.717, 1.165) is 22.3 Å². The number of hydrogen-bond donors (Lipinski definition) is 3. The summed E-state index contributed by atoms with van der Waals surface area (Å²) >= 11 is 0. The molecule has 1 aliphatic carbocycles. The number of rotatable bonds is 7. The monoisotopic (exact) mass is 452 g/mol. The van der Waals surface area contributed by atoms with Crippen LogP contribution in [0.2, 0.25) is 0 Å². The van der Waals surface area contributed by atoms with Crippen molar-refractivity contribution in [3.05, 3.63) is 59.7 Å². The van der Waals surface area contributed by atoms with Crippen LogP contribution in [0.1, 0.15) is 36.8 Å². The van der Waals surface area contributed by atoms with Crippen LogP contribution in [-0.2, 0) is 14.3 Å². The number of aliphatic hydroxyl groups is 1. The number of nitrogens with zero attached hydrogens (tertiary/aromatic N) is 1. The number of nitrogens with one attached hydrogen (secondary N) is 1. The summed E-state index contributed by atoms with van der Waals surface area (Å²) in [5, 5.41) is 21.8. The van der Waals surface area contributed by atoms with E-state index in [1.807, 2.05) is 36.4 Å². The van der Waals surface area contributed by atoms with Gasteiger partial charge >= 0.3 is 12.1 Å². The second-order valence-corrected chi connectivity index (χ2v) is 8.55. The number of aliphatic hydroxyl groups excluding tert-OH is 1. The smallest absolute Gasteiger partial charge is 0.407 e. The number of aliphatic carboxylic acids is 1. The van der Waals surface area contributed by atoms with Crippen LogP contribution >= 0.6 is 0 Å². The van der Waals surface area contributed by atoms with Crippen LogP contribution in [0, 0.1) is 5.92 Å². The molecule has 2 amide bonds. The summed E-state index contributed by atoms with van der Waals surface area (Å²) in [5.41, 5.74) is 4.50. The molecule has 2 aromatic rings. The molecule has 1 saturated heterocycles. The predicted molar refractivity (Wildman–Crippen MR) is 121 cm³/mol. The third-order valence-corrected chi connectivity index (χ3v) is 6.53. The first-order chi connectivity index (χ1) is 15.9. The average molecular weight is 453 g/mol. The molecule has 4 rings (SSSR count). The van der Waals surface area contributed by atoms with Crippen molar-refractivity contribution >= 4 is 18.0 Å². The fraction of sp³-hybridized carbons (Fsp3) is 0.400. The van der Waals surface area contributed by atoms with E-state index in [2.05, 4.69) is 17.4 Å². The van der Waals surface area contributed by atoms with Crippen molar-refractivity contribution in [1.82, 2.24) is 10.2 Å². The van der Waals surface area contributed by atoms with Gasteiger partial charge in [0, 0.05) is 25.4 Å². The van der Waals surface area contributed by atoms with Gasteiger partial charge in [0.05, 0.1) is 12.0 Å².